The Balaban J connectivity index is 2.91. The van der Waals surface area contributed by atoms with Crippen LogP contribution in [0.5, 0.6) is 0 Å². The van der Waals surface area contributed by atoms with E-state index in [1.165, 1.54) is 0 Å². The predicted molar refractivity (Wildman–Crippen MR) is 311 cm³/mol. The fraction of sp³-hybridized carbons (Fsp3) is 0.0833. The Morgan fingerprint density at radius 1 is 0.216 bits per heavy atom. The van der Waals surface area contributed by atoms with Gasteiger partial charge in [-0.3, -0.25) is 0 Å². The Bertz CT molecular complexity index is 4140. The van der Waals surface area contributed by atoms with Crippen LogP contribution in [-0.2, 0) is 0 Å². The molecule has 0 saturated heterocycles. The van der Waals surface area contributed by atoms with E-state index < -0.39 is 16.1 Å². The molecule has 3 aromatic rings. The van der Waals surface area contributed by atoms with Crippen LogP contribution >= 0.6 is 0 Å². The van der Waals surface area contributed by atoms with Gasteiger partial charge in [0.25, 0.3) is 0 Å². The van der Waals surface area contributed by atoms with Crippen molar-refractivity contribution in [1.82, 2.24) is 0 Å². The van der Waals surface area contributed by atoms with E-state index in [1.54, 1.807) is 0 Å². The topological polar surface area (TPSA) is 0 Å². The molecule has 74 heavy (non-hydrogen) atoms. The largest absolute Gasteiger partial charge is 0.106 e. The molecule has 326 valence electrons. The van der Waals surface area contributed by atoms with E-state index in [9.17, 15) is 0 Å². The van der Waals surface area contributed by atoms with Gasteiger partial charge in [0.2, 0.25) is 0 Å². The van der Waals surface area contributed by atoms with Crippen molar-refractivity contribution in [1.29, 1.82) is 0 Å². The second-order valence-corrected chi connectivity index (χ2v) is 25.8. The first-order chi connectivity index (χ1) is 35.8. The monoisotopic (exact) mass is 950 g/mol. The van der Waals surface area contributed by atoms with E-state index in [-0.39, 0.29) is 0 Å². The minimum absolute atomic E-state index is 0.497. The zero-order valence-corrected chi connectivity index (χ0v) is 42.9. The van der Waals surface area contributed by atoms with Crippen LogP contribution in [0.15, 0.2) is 36.4 Å². The van der Waals surface area contributed by atoms with Crippen molar-refractivity contribution in [3.05, 3.63) is 69.8 Å². The molecule has 0 nitrogen and oxygen atoms in total. The van der Waals surface area contributed by atoms with Gasteiger partial charge in [0.05, 0.1) is 16.1 Å². The Morgan fingerprint density at radius 3 is 0.581 bits per heavy atom. The highest BCUT2D eigenvalue weighted by atomic mass is 28.3. The van der Waals surface area contributed by atoms with E-state index >= 15 is 0 Å². The fourth-order valence-electron chi connectivity index (χ4n) is 5.92. The van der Waals surface area contributed by atoms with Crippen LogP contribution in [0.2, 0.25) is 39.3 Å². The summed E-state index contributed by atoms with van der Waals surface area (Å²) in [6, 6.07) is 11.7. The van der Waals surface area contributed by atoms with Crippen molar-refractivity contribution in [2.75, 3.05) is 0 Å². The summed E-state index contributed by atoms with van der Waals surface area (Å²) in [4.78, 5) is 0. The smallest absolute Gasteiger partial charge is 0.0792 e. The summed E-state index contributed by atoms with van der Waals surface area (Å²) in [5, 5.41) is 2.00. The van der Waals surface area contributed by atoms with Gasteiger partial charge >= 0.3 is 0 Å². The molecule has 0 aliphatic rings. The standard InChI is InChI=1S/C72H30Si2/c1-13-19-25-31-37-43-49-61-55-68(70-58-66(54-48-42-36-30-24-18-6)72(74(10,11)12)60-64(70)52-46-40-34-28-22-16-4)62(50-44-38-32-26-20-14-2)56-67(61)69-57-65(53-47-41-35-29-23-17-5)71(73(7,8)9)59-63(69)51-45-39-33-27-21-15-3/h1-6,55-60H,7-12H3. The highest BCUT2D eigenvalue weighted by Gasteiger charge is 2.25. The minimum atomic E-state index is -2.15. The second kappa shape index (κ2) is 30.7. The van der Waals surface area contributed by atoms with Gasteiger partial charge in [-0.15, -0.1) is 38.5 Å². The highest BCUT2D eigenvalue weighted by Crippen LogP contribution is 2.36. The van der Waals surface area contributed by atoms with Gasteiger partial charge in [-0.05, 0) is 282 Å². The molecule has 0 atom stereocenters. The van der Waals surface area contributed by atoms with Gasteiger partial charge in [0.1, 0.15) is 0 Å². The van der Waals surface area contributed by atoms with Crippen molar-refractivity contribution in [3.63, 3.8) is 0 Å². The lowest BCUT2D eigenvalue weighted by atomic mass is 9.86. The summed E-state index contributed by atoms with van der Waals surface area (Å²) < 4.78 is 0. The van der Waals surface area contributed by atoms with Crippen molar-refractivity contribution in [2.45, 2.75) is 39.3 Å². The van der Waals surface area contributed by atoms with Crippen LogP contribution in [0.3, 0.4) is 0 Å². The number of hydrogen-bond donors (Lipinski definition) is 0. The zero-order chi connectivity index (χ0) is 53.9. The lowest BCUT2D eigenvalue weighted by molar-refractivity contribution is 1.50. The van der Waals surface area contributed by atoms with Crippen molar-refractivity contribution >= 4 is 26.5 Å². The number of hydrogen-bond acceptors (Lipinski definition) is 0. The third-order valence-electron chi connectivity index (χ3n) is 8.79. The van der Waals surface area contributed by atoms with Crippen molar-refractivity contribution in [3.8, 4) is 309 Å². The molecule has 0 N–H and O–H groups in total. The summed E-state index contributed by atoms with van der Waals surface area (Å²) in [6.07, 6.45) is 31.9. The molecule has 0 aliphatic heterocycles. The van der Waals surface area contributed by atoms with Crippen LogP contribution in [0.4, 0.5) is 0 Å². The predicted octanol–water partition coefficient (Wildman–Crippen LogP) is 6.06. The Kier molecular flexibility index (Phi) is 23.2. The van der Waals surface area contributed by atoms with Crippen molar-refractivity contribution < 1.29 is 0 Å². The lowest BCUT2D eigenvalue weighted by Crippen LogP contribution is -2.40. The van der Waals surface area contributed by atoms with Gasteiger partial charge in [0.15, 0.2) is 0 Å². The van der Waals surface area contributed by atoms with Gasteiger partial charge in [-0.1, -0.05) is 74.8 Å². The summed E-state index contributed by atoms with van der Waals surface area (Å²) in [5.74, 6) is 114. The minimum Gasteiger partial charge on any atom is -0.106 e. The average molecular weight is 951 g/mol. The molecule has 0 heterocycles. The molecule has 0 amide bonds. The molecule has 0 radical (unpaired) electrons. The molecular formula is C72H30Si2. The van der Waals surface area contributed by atoms with Gasteiger partial charge < -0.3 is 0 Å². The summed E-state index contributed by atoms with van der Waals surface area (Å²) in [5.41, 5.74) is 6.05. The molecule has 0 aromatic heterocycles. The fourth-order valence-corrected chi connectivity index (χ4v) is 8.96. The van der Waals surface area contributed by atoms with Crippen LogP contribution < -0.4 is 10.4 Å². The molecule has 2 heteroatoms. The maximum Gasteiger partial charge on any atom is 0.0792 e. The summed E-state index contributed by atoms with van der Waals surface area (Å²) in [7, 11) is -4.30. The molecule has 0 fully saturated rings. The first kappa shape index (κ1) is 55.9. The van der Waals surface area contributed by atoms with Crippen LogP contribution in [0.1, 0.15) is 33.4 Å². The second-order valence-electron chi connectivity index (χ2n) is 15.7. The van der Waals surface area contributed by atoms with E-state index in [2.05, 4.69) is 288 Å². The molecule has 0 unspecified atom stereocenters. The third-order valence-corrected chi connectivity index (χ3v) is 12.8. The Labute approximate surface area is 442 Å². The molecule has 0 spiro atoms. The van der Waals surface area contributed by atoms with E-state index in [0.717, 1.165) is 10.4 Å². The third kappa shape index (κ3) is 19.0. The van der Waals surface area contributed by atoms with Crippen molar-refractivity contribution in [2.24, 2.45) is 0 Å². The highest BCUT2D eigenvalue weighted by molar-refractivity contribution is 6.89. The maximum absolute atomic E-state index is 5.34. The molecular weight excluding hydrogens is 921 g/mol. The van der Waals surface area contributed by atoms with Crippen LogP contribution in [0.25, 0.3) is 22.3 Å². The Hall–Kier alpha value is -12.5. The number of benzene rings is 3. The molecule has 3 rings (SSSR count). The lowest BCUT2D eigenvalue weighted by Gasteiger charge is -2.23. The maximum atomic E-state index is 5.34. The van der Waals surface area contributed by atoms with Crippen LogP contribution in [-0.4, -0.2) is 16.1 Å². The van der Waals surface area contributed by atoms with E-state index in [1.807, 2.05) is 36.4 Å². The first-order valence-electron chi connectivity index (χ1n) is 21.2. The van der Waals surface area contributed by atoms with Gasteiger partial charge in [0, 0.05) is 33.4 Å². The molecule has 0 bridgehead atoms. The van der Waals surface area contributed by atoms with Gasteiger partial charge in [-0.2, -0.15) is 0 Å². The van der Waals surface area contributed by atoms with Gasteiger partial charge in [-0.25, -0.2) is 0 Å². The SMILES string of the molecule is C#CC#CC#CC#Cc1cc(-c2cc(C#CC#CC#CC#C)c([Si](C)(C)C)cc2C#CC#CC#CC#C)c(C#CC#CC#CC#C)cc1-c1cc(C#CC#CC#CC#C)c([Si](C)(C)C)cc1C#CC#CC#CC#C. The molecule has 0 aliphatic carbocycles. The van der Waals surface area contributed by atoms with E-state index in [4.69, 9.17) is 38.5 Å². The average Bonchev–Trinajstić information content (AvgIpc) is 3.37. The summed E-state index contributed by atoms with van der Waals surface area (Å²) in [6.45, 7) is 13.2. The first-order valence-corrected chi connectivity index (χ1v) is 28.2. The summed E-state index contributed by atoms with van der Waals surface area (Å²) >= 11 is 0. The quantitative estimate of drug-likeness (QED) is 0.221. The normalized spacial score (nSPS) is 7.46. The van der Waals surface area contributed by atoms with Crippen LogP contribution in [0, 0.1) is 287 Å². The zero-order valence-electron chi connectivity index (χ0n) is 40.9. The number of terminal acetylenes is 6. The van der Waals surface area contributed by atoms with E-state index in [0.29, 0.717) is 55.6 Å². The molecule has 0 saturated carbocycles. The molecule has 3 aromatic carbocycles. The Morgan fingerprint density at radius 2 is 0.378 bits per heavy atom. The number of rotatable bonds is 4.